The van der Waals surface area contributed by atoms with Crippen LogP contribution in [-0.4, -0.2) is 32.8 Å². The minimum Gasteiger partial charge on any atom is -0.377 e. The number of aryl methyl sites for hydroxylation is 1. The predicted molar refractivity (Wildman–Crippen MR) is 59.8 cm³/mol. The number of nitrogens with zero attached hydrogens (tertiary/aromatic N) is 4. The average Bonchev–Trinajstić information content (AvgIpc) is 2.96. The molecule has 94 valence electrons. The van der Waals surface area contributed by atoms with Crippen molar-refractivity contribution in [1.29, 1.82) is 0 Å². The van der Waals surface area contributed by atoms with Crippen molar-refractivity contribution in [3.8, 4) is 11.6 Å². The lowest BCUT2D eigenvalue weighted by atomic mass is 10.1. The zero-order valence-corrected chi connectivity index (χ0v) is 9.92. The van der Waals surface area contributed by atoms with E-state index in [-0.39, 0.29) is 12.4 Å². The molecule has 2 aromatic rings. The van der Waals surface area contributed by atoms with Gasteiger partial charge in [0.05, 0.1) is 0 Å². The number of hydrogen-bond donors (Lipinski definition) is 0. The van der Waals surface area contributed by atoms with Gasteiger partial charge in [0.2, 0.25) is 0 Å². The second-order valence-electron chi connectivity index (χ2n) is 4.11. The van der Waals surface area contributed by atoms with E-state index in [1.165, 1.54) is 0 Å². The Labute approximate surface area is 103 Å². The van der Waals surface area contributed by atoms with Gasteiger partial charge in [-0.25, -0.2) is 0 Å². The Balaban J connectivity index is 1.94. The molecular weight excluding hydrogens is 236 g/mol. The van der Waals surface area contributed by atoms with Crippen LogP contribution in [-0.2, 0) is 17.9 Å². The van der Waals surface area contributed by atoms with Crippen LogP contribution in [0.3, 0.4) is 0 Å². The first kappa shape index (κ1) is 11.1. The van der Waals surface area contributed by atoms with E-state index in [1.54, 1.807) is 17.9 Å². The first-order valence-electron chi connectivity index (χ1n) is 5.71. The van der Waals surface area contributed by atoms with E-state index >= 15 is 0 Å². The molecule has 0 saturated heterocycles. The molecule has 0 atom stereocenters. The van der Waals surface area contributed by atoms with E-state index in [0.717, 1.165) is 13.0 Å². The Hall–Kier alpha value is -2.02. The highest BCUT2D eigenvalue weighted by Crippen LogP contribution is 2.21. The SMILES string of the molecule is COCc1noc(-c2cc3n(n2)CCCC3=O)n1. The maximum atomic E-state index is 11.7. The van der Waals surface area contributed by atoms with Gasteiger partial charge >= 0.3 is 0 Å². The van der Waals surface area contributed by atoms with Crippen LogP contribution < -0.4 is 0 Å². The first-order chi connectivity index (χ1) is 8.78. The second-order valence-corrected chi connectivity index (χ2v) is 4.11. The van der Waals surface area contributed by atoms with Crippen molar-refractivity contribution < 1.29 is 14.1 Å². The van der Waals surface area contributed by atoms with Gasteiger partial charge in [0, 0.05) is 26.1 Å². The molecule has 0 amide bonds. The van der Waals surface area contributed by atoms with Crippen LogP contribution in [0.1, 0.15) is 29.2 Å². The lowest BCUT2D eigenvalue weighted by Gasteiger charge is -2.10. The quantitative estimate of drug-likeness (QED) is 0.807. The van der Waals surface area contributed by atoms with E-state index < -0.39 is 0 Å². The third-order valence-electron chi connectivity index (χ3n) is 2.80. The molecular formula is C11H12N4O3. The standard InChI is InChI=1S/C11H12N4O3/c1-17-6-10-12-11(18-14-10)7-5-8-9(16)3-2-4-15(8)13-7/h5H,2-4,6H2,1H3. The second kappa shape index (κ2) is 4.34. The summed E-state index contributed by atoms with van der Waals surface area (Å²) in [5.74, 6) is 0.887. The molecule has 0 aliphatic carbocycles. The number of Topliss-reactive ketones (excluding diaryl/α,β-unsaturated/α-hetero) is 1. The summed E-state index contributed by atoms with van der Waals surface area (Å²) < 4.78 is 11.7. The third kappa shape index (κ3) is 1.82. The largest absolute Gasteiger partial charge is 0.377 e. The fraction of sp³-hybridized carbons (Fsp3) is 0.455. The van der Waals surface area contributed by atoms with E-state index in [1.807, 2.05) is 0 Å². The minimum atomic E-state index is 0.108. The van der Waals surface area contributed by atoms with E-state index in [0.29, 0.717) is 29.5 Å². The molecule has 0 saturated carbocycles. The van der Waals surface area contributed by atoms with Gasteiger partial charge in [-0.1, -0.05) is 5.16 Å². The van der Waals surface area contributed by atoms with Gasteiger partial charge in [-0.05, 0) is 6.42 Å². The fourth-order valence-corrected chi connectivity index (χ4v) is 1.98. The summed E-state index contributed by atoms with van der Waals surface area (Å²) in [6.45, 7) is 1.04. The summed E-state index contributed by atoms with van der Waals surface area (Å²) >= 11 is 0. The highest BCUT2D eigenvalue weighted by molar-refractivity contribution is 5.95. The molecule has 0 radical (unpaired) electrons. The number of hydrogen-bond acceptors (Lipinski definition) is 6. The molecule has 0 unspecified atom stereocenters. The van der Waals surface area contributed by atoms with Gasteiger partial charge in [-0.2, -0.15) is 10.1 Å². The van der Waals surface area contributed by atoms with Crippen LogP contribution in [0.25, 0.3) is 11.6 Å². The number of carbonyl (C=O) groups is 1. The summed E-state index contributed by atoms with van der Waals surface area (Å²) in [6.07, 6.45) is 1.40. The Kier molecular flexibility index (Phi) is 2.67. The molecule has 0 spiro atoms. The topological polar surface area (TPSA) is 83.0 Å². The molecule has 3 rings (SSSR count). The first-order valence-corrected chi connectivity index (χ1v) is 5.71. The van der Waals surface area contributed by atoms with Crippen LogP contribution in [0.5, 0.6) is 0 Å². The normalized spacial score (nSPS) is 14.8. The number of aromatic nitrogens is 4. The molecule has 18 heavy (non-hydrogen) atoms. The summed E-state index contributed by atoms with van der Waals surface area (Å²) in [4.78, 5) is 15.8. The zero-order chi connectivity index (χ0) is 12.5. The molecule has 0 aromatic carbocycles. The van der Waals surface area contributed by atoms with Crippen LogP contribution in [0.4, 0.5) is 0 Å². The molecule has 1 aliphatic rings. The number of methoxy groups -OCH3 is 1. The zero-order valence-electron chi connectivity index (χ0n) is 9.92. The van der Waals surface area contributed by atoms with Gasteiger partial charge in [0.1, 0.15) is 12.3 Å². The summed E-state index contributed by atoms with van der Waals surface area (Å²) in [5.41, 5.74) is 1.15. The van der Waals surface area contributed by atoms with Crippen LogP contribution >= 0.6 is 0 Å². The fourth-order valence-electron chi connectivity index (χ4n) is 1.98. The van der Waals surface area contributed by atoms with Gasteiger partial charge in [0.25, 0.3) is 5.89 Å². The van der Waals surface area contributed by atoms with Gasteiger partial charge in [0.15, 0.2) is 17.3 Å². The van der Waals surface area contributed by atoms with E-state index in [9.17, 15) is 4.79 Å². The maximum Gasteiger partial charge on any atom is 0.278 e. The van der Waals surface area contributed by atoms with Gasteiger partial charge in [-0.3, -0.25) is 9.48 Å². The number of carbonyl (C=O) groups excluding carboxylic acids is 1. The van der Waals surface area contributed by atoms with Crippen LogP contribution in [0.15, 0.2) is 10.6 Å². The molecule has 0 N–H and O–H groups in total. The van der Waals surface area contributed by atoms with Crippen molar-refractivity contribution in [2.45, 2.75) is 26.0 Å². The third-order valence-corrected chi connectivity index (χ3v) is 2.80. The maximum absolute atomic E-state index is 11.7. The van der Waals surface area contributed by atoms with E-state index in [2.05, 4.69) is 15.2 Å². The summed E-state index contributed by atoms with van der Waals surface area (Å²) in [7, 11) is 1.56. The van der Waals surface area contributed by atoms with Crippen molar-refractivity contribution >= 4 is 5.78 Å². The van der Waals surface area contributed by atoms with Gasteiger partial charge in [-0.15, -0.1) is 0 Å². The Bertz CT molecular complexity index is 587. The molecule has 0 bridgehead atoms. The highest BCUT2D eigenvalue weighted by Gasteiger charge is 2.22. The van der Waals surface area contributed by atoms with Gasteiger partial charge < -0.3 is 9.26 Å². The number of rotatable bonds is 3. The van der Waals surface area contributed by atoms with Crippen molar-refractivity contribution in [2.24, 2.45) is 0 Å². The van der Waals surface area contributed by atoms with Crippen LogP contribution in [0.2, 0.25) is 0 Å². The van der Waals surface area contributed by atoms with Crippen molar-refractivity contribution in [3.63, 3.8) is 0 Å². The summed E-state index contributed by atoms with van der Waals surface area (Å²) in [5, 5.41) is 8.07. The smallest absolute Gasteiger partial charge is 0.278 e. The lowest BCUT2D eigenvalue weighted by Crippen LogP contribution is -2.16. The summed E-state index contributed by atoms with van der Waals surface area (Å²) in [6, 6.07) is 1.70. The Morgan fingerprint density at radius 1 is 1.56 bits per heavy atom. The molecule has 7 heteroatoms. The minimum absolute atomic E-state index is 0.108. The Morgan fingerprint density at radius 2 is 2.44 bits per heavy atom. The van der Waals surface area contributed by atoms with Crippen molar-refractivity contribution in [3.05, 3.63) is 17.6 Å². The molecule has 3 heterocycles. The van der Waals surface area contributed by atoms with Crippen LogP contribution in [0, 0.1) is 0 Å². The molecule has 2 aromatic heterocycles. The average molecular weight is 248 g/mol. The number of ether oxygens (including phenoxy) is 1. The van der Waals surface area contributed by atoms with Crippen molar-refractivity contribution in [1.82, 2.24) is 19.9 Å². The highest BCUT2D eigenvalue weighted by atomic mass is 16.5. The monoisotopic (exact) mass is 248 g/mol. The number of ketones is 1. The molecule has 7 nitrogen and oxygen atoms in total. The predicted octanol–water partition coefficient (Wildman–Crippen LogP) is 1.06. The van der Waals surface area contributed by atoms with Crippen molar-refractivity contribution in [2.75, 3.05) is 7.11 Å². The lowest BCUT2D eigenvalue weighted by molar-refractivity contribution is 0.0951. The molecule has 1 aliphatic heterocycles. The number of fused-ring (bicyclic) bond motifs is 1. The van der Waals surface area contributed by atoms with E-state index in [4.69, 9.17) is 9.26 Å². The molecule has 0 fully saturated rings. The Morgan fingerprint density at radius 3 is 3.22 bits per heavy atom.